The Morgan fingerprint density at radius 3 is 1.58 bits per heavy atom. The normalized spacial score (nSPS) is 10.7. The average molecular weight is 406 g/mol. The van der Waals surface area contributed by atoms with Crippen LogP contribution in [-0.2, 0) is 0 Å². The summed E-state index contributed by atoms with van der Waals surface area (Å²) in [4.78, 5) is 3.81. The molecule has 4 aromatic carbocycles. The van der Waals surface area contributed by atoms with Crippen LogP contribution >= 0.6 is 0 Å². The summed E-state index contributed by atoms with van der Waals surface area (Å²) in [5.74, 6) is 0. The number of hydrogen-bond acceptors (Lipinski definition) is 4. The van der Waals surface area contributed by atoms with Crippen molar-refractivity contribution in [1.82, 2.24) is 24.9 Å². The van der Waals surface area contributed by atoms with E-state index in [9.17, 15) is 5.21 Å². The smallest absolute Gasteiger partial charge is 0.250 e. The van der Waals surface area contributed by atoms with E-state index in [1.807, 2.05) is 103 Å². The highest BCUT2D eigenvalue weighted by atomic mass is 16.5. The molecule has 0 radical (unpaired) electrons. The van der Waals surface area contributed by atoms with Crippen LogP contribution < -0.4 is 4.85 Å². The first-order valence-electron chi connectivity index (χ1n) is 9.80. The number of rotatable bonds is 2. The summed E-state index contributed by atoms with van der Waals surface area (Å²) < 4.78 is 0. The third-order valence-electron chi connectivity index (χ3n) is 4.72. The Balaban J connectivity index is 0.000000132. The van der Waals surface area contributed by atoms with Gasteiger partial charge in [0.15, 0.2) is 0 Å². The van der Waals surface area contributed by atoms with Gasteiger partial charge in [-0.15, -0.1) is 15.0 Å². The minimum Gasteiger partial charge on any atom is -0.692 e. The summed E-state index contributed by atoms with van der Waals surface area (Å²) in [7, 11) is 0. The molecule has 6 aromatic rings. The molecule has 0 saturated heterocycles. The Hall–Kier alpha value is -4.52. The molecular formula is C24H18N6O. The second kappa shape index (κ2) is 8.08. The molecule has 0 N–H and O–H groups in total. The van der Waals surface area contributed by atoms with E-state index in [2.05, 4.69) is 15.3 Å². The third-order valence-corrected chi connectivity index (χ3v) is 4.72. The maximum Gasteiger partial charge on any atom is 0.250 e. The number of para-hydroxylation sites is 3. The van der Waals surface area contributed by atoms with E-state index in [0.29, 0.717) is 11.0 Å². The molecule has 0 amide bonds. The lowest BCUT2D eigenvalue weighted by Crippen LogP contribution is -2.37. The quantitative estimate of drug-likeness (QED) is 0.321. The fourth-order valence-corrected chi connectivity index (χ4v) is 3.22. The molecule has 6 rings (SSSR count). The van der Waals surface area contributed by atoms with Gasteiger partial charge in [-0.3, -0.25) is 0 Å². The molecule has 31 heavy (non-hydrogen) atoms. The number of nitrogens with zero attached hydrogens (tertiary/aromatic N) is 6. The predicted octanol–water partition coefficient (Wildman–Crippen LogP) is 4.08. The number of aromatic nitrogens is 6. The SMILES string of the molecule is [O-][n+]1c2ccccc2nn1-c1ccccc1.c1ccc(-n2nc3ccccc3n2)cc1. The molecule has 7 heteroatoms. The minimum absolute atomic E-state index is 0.575. The number of fused-ring (bicyclic) bond motifs is 2. The van der Waals surface area contributed by atoms with Crippen LogP contribution in [0, 0.1) is 5.21 Å². The van der Waals surface area contributed by atoms with Gasteiger partial charge < -0.3 is 5.21 Å². The van der Waals surface area contributed by atoms with Crippen molar-refractivity contribution < 1.29 is 4.85 Å². The van der Waals surface area contributed by atoms with Crippen molar-refractivity contribution in [3.05, 3.63) is 114 Å². The standard InChI is InChI=1S/C12H9N3O.C12H9N3/c16-15-12-9-5-4-8-11(12)13-14(15)10-6-2-1-3-7-10;1-2-6-10(7-3-1)15-13-11-8-4-5-9-12(11)14-15/h1-9H;1-9H. The van der Waals surface area contributed by atoms with Crippen molar-refractivity contribution in [3.63, 3.8) is 0 Å². The van der Waals surface area contributed by atoms with Gasteiger partial charge in [0.1, 0.15) is 16.7 Å². The molecular weight excluding hydrogens is 388 g/mol. The molecule has 2 heterocycles. The molecule has 0 atom stereocenters. The second-order valence-corrected chi connectivity index (χ2v) is 6.80. The summed E-state index contributed by atoms with van der Waals surface area (Å²) in [5, 5.41) is 25.0. The summed E-state index contributed by atoms with van der Waals surface area (Å²) in [6.45, 7) is 0. The number of benzene rings is 4. The van der Waals surface area contributed by atoms with E-state index < -0.39 is 0 Å². The molecule has 0 bridgehead atoms. The van der Waals surface area contributed by atoms with Crippen molar-refractivity contribution >= 4 is 22.1 Å². The highest BCUT2D eigenvalue weighted by Crippen LogP contribution is 2.11. The van der Waals surface area contributed by atoms with Crippen LogP contribution in [0.15, 0.2) is 109 Å². The van der Waals surface area contributed by atoms with Gasteiger partial charge in [-0.25, -0.2) is 0 Å². The van der Waals surface area contributed by atoms with E-state index in [1.54, 1.807) is 10.9 Å². The van der Waals surface area contributed by atoms with E-state index in [0.717, 1.165) is 27.3 Å². The maximum atomic E-state index is 11.9. The fraction of sp³-hybridized carbons (Fsp3) is 0. The minimum atomic E-state index is 0.575. The lowest BCUT2D eigenvalue weighted by atomic mass is 10.3. The van der Waals surface area contributed by atoms with E-state index in [1.165, 1.54) is 4.80 Å². The van der Waals surface area contributed by atoms with Gasteiger partial charge >= 0.3 is 0 Å². The molecule has 0 fully saturated rings. The maximum absolute atomic E-state index is 11.9. The van der Waals surface area contributed by atoms with E-state index in [-0.39, 0.29) is 0 Å². The summed E-state index contributed by atoms with van der Waals surface area (Å²) >= 11 is 0. The highest BCUT2D eigenvalue weighted by Gasteiger charge is 2.14. The Kier molecular flexibility index (Phi) is 4.82. The Morgan fingerprint density at radius 1 is 0.516 bits per heavy atom. The summed E-state index contributed by atoms with van der Waals surface area (Å²) in [6, 6.07) is 34.4. The highest BCUT2D eigenvalue weighted by molar-refractivity contribution is 5.73. The largest absolute Gasteiger partial charge is 0.692 e. The van der Waals surface area contributed by atoms with Crippen molar-refractivity contribution in [2.45, 2.75) is 0 Å². The van der Waals surface area contributed by atoms with Crippen molar-refractivity contribution in [3.8, 4) is 11.4 Å². The zero-order chi connectivity index (χ0) is 21.0. The molecule has 0 aliphatic rings. The van der Waals surface area contributed by atoms with E-state index in [4.69, 9.17) is 0 Å². The molecule has 0 saturated carbocycles. The van der Waals surface area contributed by atoms with Crippen LogP contribution in [0.4, 0.5) is 0 Å². The summed E-state index contributed by atoms with van der Waals surface area (Å²) in [6.07, 6.45) is 0. The lowest BCUT2D eigenvalue weighted by Gasteiger charge is -2.02. The second-order valence-electron chi connectivity index (χ2n) is 6.80. The van der Waals surface area contributed by atoms with Crippen molar-refractivity contribution in [2.75, 3.05) is 0 Å². The monoisotopic (exact) mass is 406 g/mol. The first kappa shape index (κ1) is 18.5. The van der Waals surface area contributed by atoms with Gasteiger partial charge in [0.2, 0.25) is 11.0 Å². The van der Waals surface area contributed by atoms with Crippen LogP contribution in [0.1, 0.15) is 0 Å². The van der Waals surface area contributed by atoms with E-state index >= 15 is 0 Å². The van der Waals surface area contributed by atoms with Crippen LogP contribution in [-0.4, -0.2) is 24.9 Å². The summed E-state index contributed by atoms with van der Waals surface area (Å²) in [5.41, 5.74) is 4.85. The molecule has 0 unspecified atom stereocenters. The van der Waals surface area contributed by atoms with Gasteiger partial charge in [0.25, 0.3) is 0 Å². The van der Waals surface area contributed by atoms with Gasteiger partial charge in [0.05, 0.1) is 10.8 Å². The Bertz CT molecular complexity index is 1410. The number of hydrogen-bond donors (Lipinski definition) is 0. The van der Waals surface area contributed by atoms with Crippen LogP contribution in [0.5, 0.6) is 0 Å². The zero-order valence-electron chi connectivity index (χ0n) is 16.5. The van der Waals surface area contributed by atoms with Crippen molar-refractivity contribution in [1.29, 1.82) is 0 Å². The molecule has 150 valence electrons. The molecule has 2 aromatic heterocycles. The van der Waals surface area contributed by atoms with Crippen molar-refractivity contribution in [2.24, 2.45) is 0 Å². The fourth-order valence-electron chi connectivity index (χ4n) is 3.22. The Labute approximate surface area is 178 Å². The van der Waals surface area contributed by atoms with Crippen LogP contribution in [0.25, 0.3) is 33.4 Å². The Morgan fingerprint density at radius 2 is 1.00 bits per heavy atom. The first-order chi connectivity index (χ1) is 15.3. The van der Waals surface area contributed by atoms with Gasteiger partial charge in [-0.1, -0.05) is 60.7 Å². The molecule has 0 aliphatic carbocycles. The third kappa shape index (κ3) is 3.72. The van der Waals surface area contributed by atoms with Crippen LogP contribution in [0.3, 0.4) is 0 Å². The lowest BCUT2D eigenvalue weighted by molar-refractivity contribution is -0.664. The molecule has 0 aliphatic heterocycles. The zero-order valence-corrected chi connectivity index (χ0v) is 16.5. The average Bonchev–Trinajstić information content (AvgIpc) is 3.42. The van der Waals surface area contributed by atoms with Gasteiger partial charge in [-0.05, 0) is 53.3 Å². The molecule has 7 nitrogen and oxygen atoms in total. The van der Waals surface area contributed by atoms with Gasteiger partial charge in [-0.2, -0.15) is 4.80 Å². The predicted molar refractivity (Wildman–Crippen MR) is 119 cm³/mol. The van der Waals surface area contributed by atoms with Gasteiger partial charge in [0, 0.05) is 0 Å². The first-order valence-corrected chi connectivity index (χ1v) is 9.80. The topological polar surface area (TPSA) is 75.5 Å². The van der Waals surface area contributed by atoms with Crippen LogP contribution in [0.2, 0.25) is 0 Å². The molecule has 0 spiro atoms.